The summed E-state index contributed by atoms with van der Waals surface area (Å²) < 4.78 is 7.87. The van der Waals surface area contributed by atoms with E-state index in [0.29, 0.717) is 17.5 Å². The third kappa shape index (κ3) is 4.05. The minimum atomic E-state index is 0.0773. The number of likely N-dealkylation sites (tertiary alicyclic amines) is 1. The second-order valence-electron chi connectivity index (χ2n) is 11.1. The first-order chi connectivity index (χ1) is 18.0. The molecular weight excluding hydrogens is 460 g/mol. The smallest absolute Gasteiger partial charge is 0.199 e. The van der Waals surface area contributed by atoms with Gasteiger partial charge in [0.2, 0.25) is 0 Å². The number of ether oxygens (including phenoxy) is 1. The van der Waals surface area contributed by atoms with Crippen molar-refractivity contribution in [1.82, 2.24) is 14.5 Å². The fourth-order valence-electron chi connectivity index (χ4n) is 6.80. The number of H-pyrrole nitrogens is 1. The summed E-state index contributed by atoms with van der Waals surface area (Å²) in [5.74, 6) is 0.516. The molecule has 0 amide bonds. The van der Waals surface area contributed by atoms with Gasteiger partial charge in [0.05, 0.1) is 22.5 Å². The molecule has 6 rings (SSSR count). The number of benzene rings is 2. The molecule has 0 unspecified atom stereocenters. The molecule has 0 atom stereocenters. The predicted molar refractivity (Wildman–Crippen MR) is 149 cm³/mol. The van der Waals surface area contributed by atoms with Gasteiger partial charge < -0.3 is 19.2 Å². The Balaban J connectivity index is 1.48. The van der Waals surface area contributed by atoms with E-state index in [-0.39, 0.29) is 11.5 Å². The van der Waals surface area contributed by atoms with Crippen molar-refractivity contribution in [2.45, 2.75) is 70.9 Å². The minimum Gasteiger partial charge on any atom is -0.381 e. The van der Waals surface area contributed by atoms with Crippen molar-refractivity contribution in [1.29, 1.82) is 5.26 Å². The molecule has 0 bridgehead atoms. The number of aromatic amines is 1. The number of nitriles is 1. The van der Waals surface area contributed by atoms with Crippen LogP contribution in [0, 0.1) is 11.3 Å². The summed E-state index contributed by atoms with van der Waals surface area (Å²) >= 11 is 0. The first-order valence-electron chi connectivity index (χ1n) is 13.9. The highest BCUT2D eigenvalue weighted by Gasteiger charge is 2.29. The average Bonchev–Trinajstić information content (AvgIpc) is 3.31. The molecule has 4 aromatic rings. The highest BCUT2D eigenvalue weighted by molar-refractivity contribution is 6.10. The summed E-state index contributed by atoms with van der Waals surface area (Å²) in [7, 11) is 0. The number of hydrogen-bond donors (Lipinski definition) is 1. The molecular formula is C31H36N4O2. The van der Waals surface area contributed by atoms with Crippen LogP contribution in [0.4, 0.5) is 0 Å². The van der Waals surface area contributed by atoms with Crippen LogP contribution in [0.3, 0.4) is 0 Å². The Morgan fingerprint density at radius 1 is 1.08 bits per heavy atom. The fourth-order valence-corrected chi connectivity index (χ4v) is 6.80. The predicted octanol–water partition coefficient (Wildman–Crippen LogP) is 6.01. The molecule has 0 radical (unpaired) electrons. The van der Waals surface area contributed by atoms with Crippen molar-refractivity contribution < 1.29 is 4.74 Å². The van der Waals surface area contributed by atoms with Gasteiger partial charge in [0.15, 0.2) is 5.43 Å². The van der Waals surface area contributed by atoms with Gasteiger partial charge >= 0.3 is 0 Å². The van der Waals surface area contributed by atoms with E-state index in [4.69, 9.17) is 4.74 Å². The van der Waals surface area contributed by atoms with Crippen LogP contribution < -0.4 is 5.43 Å². The van der Waals surface area contributed by atoms with E-state index >= 15 is 0 Å². The van der Waals surface area contributed by atoms with Crippen molar-refractivity contribution in [2.75, 3.05) is 26.3 Å². The third-order valence-electron chi connectivity index (χ3n) is 8.71. The van der Waals surface area contributed by atoms with Crippen LogP contribution in [0.2, 0.25) is 0 Å². The number of aryl methyl sites for hydroxylation is 1. The second-order valence-corrected chi connectivity index (χ2v) is 11.1. The molecule has 2 aliphatic rings. The Labute approximate surface area is 217 Å². The maximum Gasteiger partial charge on any atom is 0.199 e. The van der Waals surface area contributed by atoms with Gasteiger partial charge in [-0.15, -0.1) is 0 Å². The van der Waals surface area contributed by atoms with E-state index in [2.05, 4.69) is 53.4 Å². The number of piperidine rings is 1. The number of nitrogens with zero attached hydrogens (tertiary/aromatic N) is 3. The molecule has 2 saturated heterocycles. The molecule has 1 N–H and O–H groups in total. The maximum atomic E-state index is 14.0. The van der Waals surface area contributed by atoms with E-state index in [9.17, 15) is 10.1 Å². The lowest BCUT2D eigenvalue weighted by Crippen LogP contribution is -2.43. The molecule has 2 fully saturated rings. The SMILES string of the molecule is CCc1cc2c(=O)c3c4ccc(C#N)cc4[nH]c3n(C(C)C)c2cc1C1CCN(C2CCOCC2)CC1. The number of nitrogens with one attached hydrogen (secondary N) is 1. The first-order valence-corrected chi connectivity index (χ1v) is 13.9. The van der Waals surface area contributed by atoms with Gasteiger partial charge in [-0.3, -0.25) is 4.79 Å². The summed E-state index contributed by atoms with van der Waals surface area (Å²) in [4.78, 5) is 20.1. The van der Waals surface area contributed by atoms with E-state index in [1.165, 1.54) is 11.1 Å². The van der Waals surface area contributed by atoms with Crippen LogP contribution in [0.1, 0.15) is 75.1 Å². The summed E-state index contributed by atoms with van der Waals surface area (Å²) in [5.41, 5.74) is 6.09. The third-order valence-corrected chi connectivity index (χ3v) is 8.71. The van der Waals surface area contributed by atoms with Gasteiger partial charge in [-0.25, -0.2) is 0 Å². The highest BCUT2D eigenvalue weighted by Crippen LogP contribution is 2.36. The molecule has 6 nitrogen and oxygen atoms in total. The van der Waals surface area contributed by atoms with E-state index in [1.807, 2.05) is 12.1 Å². The zero-order chi connectivity index (χ0) is 25.7. The Morgan fingerprint density at radius 2 is 1.84 bits per heavy atom. The molecule has 37 heavy (non-hydrogen) atoms. The van der Waals surface area contributed by atoms with Gasteiger partial charge in [0.25, 0.3) is 0 Å². The fraction of sp³-hybridized carbons (Fsp3) is 0.484. The van der Waals surface area contributed by atoms with Gasteiger partial charge in [-0.2, -0.15) is 5.26 Å². The highest BCUT2D eigenvalue weighted by atomic mass is 16.5. The topological polar surface area (TPSA) is 74.0 Å². The van der Waals surface area contributed by atoms with Crippen LogP contribution in [0.25, 0.3) is 32.8 Å². The zero-order valence-corrected chi connectivity index (χ0v) is 22.1. The van der Waals surface area contributed by atoms with Crippen LogP contribution in [-0.2, 0) is 11.2 Å². The molecule has 0 spiro atoms. The van der Waals surface area contributed by atoms with Crippen molar-refractivity contribution >= 4 is 32.8 Å². The van der Waals surface area contributed by atoms with Crippen LogP contribution >= 0.6 is 0 Å². The minimum absolute atomic E-state index is 0.0773. The van der Waals surface area contributed by atoms with Gasteiger partial charge in [0, 0.05) is 41.6 Å². The molecule has 0 saturated carbocycles. The van der Waals surface area contributed by atoms with Crippen LogP contribution in [0.15, 0.2) is 35.1 Å². The van der Waals surface area contributed by atoms with Gasteiger partial charge in [0.1, 0.15) is 5.65 Å². The summed E-state index contributed by atoms with van der Waals surface area (Å²) in [6.07, 6.45) is 5.54. The van der Waals surface area contributed by atoms with Crippen molar-refractivity contribution in [2.24, 2.45) is 0 Å². The molecule has 4 heterocycles. The number of aromatic nitrogens is 2. The Hall–Kier alpha value is -3.14. The van der Waals surface area contributed by atoms with E-state index in [0.717, 1.165) is 91.2 Å². The molecule has 2 aromatic carbocycles. The second kappa shape index (κ2) is 9.63. The van der Waals surface area contributed by atoms with Gasteiger partial charge in [-0.1, -0.05) is 13.0 Å². The lowest BCUT2D eigenvalue weighted by atomic mass is 9.84. The lowest BCUT2D eigenvalue weighted by Gasteiger charge is -2.39. The number of hydrogen-bond acceptors (Lipinski definition) is 4. The molecule has 2 aliphatic heterocycles. The molecule has 2 aromatic heterocycles. The summed E-state index contributed by atoms with van der Waals surface area (Å²) in [6, 6.07) is 13.1. The number of fused-ring (bicyclic) bond motifs is 4. The largest absolute Gasteiger partial charge is 0.381 e. The number of pyridine rings is 1. The Bertz CT molecular complexity index is 1570. The van der Waals surface area contributed by atoms with Crippen LogP contribution in [0.5, 0.6) is 0 Å². The normalized spacial score (nSPS) is 18.4. The van der Waals surface area contributed by atoms with Crippen molar-refractivity contribution in [3.05, 3.63) is 57.2 Å². The molecule has 192 valence electrons. The van der Waals surface area contributed by atoms with Crippen molar-refractivity contribution in [3.8, 4) is 6.07 Å². The molecule has 6 heteroatoms. The quantitative estimate of drug-likeness (QED) is 0.376. The Morgan fingerprint density at radius 3 is 2.51 bits per heavy atom. The Kier molecular flexibility index (Phi) is 6.30. The summed E-state index contributed by atoms with van der Waals surface area (Å²) in [5, 5.41) is 11.8. The maximum absolute atomic E-state index is 14.0. The van der Waals surface area contributed by atoms with E-state index < -0.39 is 0 Å². The van der Waals surface area contributed by atoms with Crippen LogP contribution in [-0.4, -0.2) is 46.8 Å². The van der Waals surface area contributed by atoms with E-state index in [1.54, 1.807) is 6.07 Å². The molecule has 0 aliphatic carbocycles. The van der Waals surface area contributed by atoms with Gasteiger partial charge in [-0.05, 0) is 100 Å². The lowest BCUT2D eigenvalue weighted by molar-refractivity contribution is 0.0251. The zero-order valence-electron chi connectivity index (χ0n) is 22.1. The monoisotopic (exact) mass is 496 g/mol. The first kappa shape index (κ1) is 24.2. The standard InChI is InChI=1S/C31H36N4O2/c1-4-21-16-26-28(17-25(21)22-7-11-34(12-8-22)23-9-13-37-14-10-23)35(19(2)3)31-29(30(26)36)24-6-5-20(18-32)15-27(24)33-31/h5-6,15-17,19,22-23,33H,4,7-14H2,1-3H3. The average molecular weight is 497 g/mol. The number of rotatable bonds is 4. The van der Waals surface area contributed by atoms with Crippen molar-refractivity contribution in [3.63, 3.8) is 0 Å². The summed E-state index contributed by atoms with van der Waals surface area (Å²) in [6.45, 7) is 10.6.